The molecule has 2 heterocycles. The fourth-order valence-electron chi connectivity index (χ4n) is 2.86. The first-order valence-corrected chi connectivity index (χ1v) is 8.64. The minimum absolute atomic E-state index is 0.774. The summed E-state index contributed by atoms with van der Waals surface area (Å²) in [7, 11) is 0. The van der Waals surface area contributed by atoms with Crippen LogP contribution < -0.4 is 5.32 Å². The molecule has 0 saturated carbocycles. The molecular weight excluding hydrogens is 308 g/mol. The molecule has 0 saturated heterocycles. The molecule has 0 radical (unpaired) electrons. The highest BCUT2D eigenvalue weighted by molar-refractivity contribution is 7.11. The van der Waals surface area contributed by atoms with Gasteiger partial charge in [-0.25, -0.2) is 9.67 Å². The van der Waals surface area contributed by atoms with Gasteiger partial charge in [0.05, 0.1) is 17.9 Å². The van der Waals surface area contributed by atoms with Crippen LogP contribution in [-0.2, 0) is 19.4 Å². The van der Waals surface area contributed by atoms with Gasteiger partial charge in [0.25, 0.3) is 0 Å². The van der Waals surface area contributed by atoms with E-state index in [4.69, 9.17) is 4.98 Å². The quantitative estimate of drug-likeness (QED) is 0.798. The van der Waals surface area contributed by atoms with Crippen LogP contribution in [0.3, 0.4) is 0 Å². The number of benzene rings is 1. The first-order valence-electron chi connectivity index (χ1n) is 7.82. The second-order valence-corrected chi connectivity index (χ2v) is 7.15. The smallest absolute Gasteiger partial charge is 0.143 e. The van der Waals surface area contributed by atoms with Crippen molar-refractivity contribution in [3.63, 3.8) is 0 Å². The van der Waals surface area contributed by atoms with Crippen LogP contribution in [0, 0.1) is 5.92 Å². The molecule has 23 heavy (non-hydrogen) atoms. The minimum atomic E-state index is 0.774. The predicted octanol–water partition coefficient (Wildman–Crippen LogP) is 2.86. The van der Waals surface area contributed by atoms with Gasteiger partial charge < -0.3 is 5.32 Å². The Morgan fingerprint density at radius 3 is 2.96 bits per heavy atom. The maximum absolute atomic E-state index is 4.78. The average Bonchev–Trinajstić information content (AvgIpc) is 3.22. The molecule has 1 N–H and O–H groups in total. The molecule has 0 bridgehead atoms. The number of fused-ring (bicyclic) bond motifs is 1. The number of thiazole rings is 1. The van der Waals surface area contributed by atoms with Crippen molar-refractivity contribution < 1.29 is 0 Å². The molecule has 0 spiro atoms. The molecule has 1 aliphatic rings. The fraction of sp³-hybridized carbons (Fsp3) is 0.375. The first kappa shape index (κ1) is 14.3. The summed E-state index contributed by atoms with van der Waals surface area (Å²) in [5.41, 5.74) is 3.33. The van der Waals surface area contributed by atoms with Gasteiger partial charge in [-0.15, -0.1) is 16.4 Å². The maximum atomic E-state index is 4.78. The van der Waals surface area contributed by atoms with Crippen LogP contribution in [0.15, 0.2) is 30.6 Å². The first-order chi connectivity index (χ1) is 11.3. The lowest BCUT2D eigenvalue weighted by atomic mass is 9.93. The van der Waals surface area contributed by atoms with Gasteiger partial charge in [-0.05, 0) is 59.9 Å². The van der Waals surface area contributed by atoms with Crippen LogP contribution in [-0.4, -0.2) is 25.2 Å². The summed E-state index contributed by atoms with van der Waals surface area (Å²) in [5, 5.41) is 15.8. The van der Waals surface area contributed by atoms with Gasteiger partial charge in [0.1, 0.15) is 11.3 Å². The highest BCUT2D eigenvalue weighted by atomic mass is 32.1. The molecule has 118 valence electrons. The molecule has 6 nitrogen and oxygen atoms in total. The van der Waals surface area contributed by atoms with E-state index in [1.807, 2.05) is 35.6 Å². The highest BCUT2D eigenvalue weighted by Gasteiger charge is 2.19. The van der Waals surface area contributed by atoms with Crippen molar-refractivity contribution in [1.82, 2.24) is 25.2 Å². The Bertz CT molecular complexity index is 778. The molecule has 0 aliphatic heterocycles. The average molecular weight is 326 g/mol. The maximum Gasteiger partial charge on any atom is 0.143 e. The van der Waals surface area contributed by atoms with E-state index < -0.39 is 0 Å². The molecule has 0 amide bonds. The zero-order valence-corrected chi connectivity index (χ0v) is 13.8. The van der Waals surface area contributed by atoms with Crippen LogP contribution in [0.25, 0.3) is 5.69 Å². The van der Waals surface area contributed by atoms with Crippen molar-refractivity contribution in [1.29, 1.82) is 0 Å². The van der Waals surface area contributed by atoms with Crippen molar-refractivity contribution in [3.8, 4) is 5.69 Å². The summed E-state index contributed by atoms with van der Waals surface area (Å²) in [4.78, 5) is 6.26. The molecule has 7 heteroatoms. The third kappa shape index (κ3) is 3.10. The standard InChI is InChI=1S/C16H18N6S/c1-11-2-7-14-15(8-11)23-16(19-14)9-17-12-3-5-13(6-4-12)22-10-18-20-21-22/h3-6,10-11,17H,2,7-9H2,1H3. The molecule has 0 fully saturated rings. The fourth-order valence-corrected chi connectivity index (χ4v) is 4.08. The number of nitrogens with one attached hydrogen (secondary N) is 1. The van der Waals surface area contributed by atoms with Crippen molar-refractivity contribution in [2.75, 3.05) is 5.32 Å². The van der Waals surface area contributed by atoms with Crippen molar-refractivity contribution in [3.05, 3.63) is 46.2 Å². The van der Waals surface area contributed by atoms with Gasteiger partial charge in [0.15, 0.2) is 0 Å². The lowest BCUT2D eigenvalue weighted by Crippen LogP contribution is -2.09. The topological polar surface area (TPSA) is 68.5 Å². The van der Waals surface area contributed by atoms with E-state index in [0.717, 1.165) is 30.3 Å². The molecule has 1 atom stereocenters. The number of hydrogen-bond acceptors (Lipinski definition) is 6. The normalized spacial score (nSPS) is 17.0. The summed E-state index contributed by atoms with van der Waals surface area (Å²) in [6, 6.07) is 8.06. The Morgan fingerprint density at radius 2 is 2.17 bits per heavy atom. The largest absolute Gasteiger partial charge is 0.379 e. The van der Waals surface area contributed by atoms with E-state index in [9.17, 15) is 0 Å². The number of anilines is 1. The Hall–Kier alpha value is -2.28. The zero-order chi connectivity index (χ0) is 15.6. The van der Waals surface area contributed by atoms with Gasteiger partial charge in [0, 0.05) is 10.6 Å². The zero-order valence-electron chi connectivity index (χ0n) is 12.9. The van der Waals surface area contributed by atoms with Crippen molar-refractivity contribution >= 4 is 17.0 Å². The molecule has 1 aromatic carbocycles. The van der Waals surface area contributed by atoms with Crippen LogP contribution in [0.2, 0.25) is 0 Å². The van der Waals surface area contributed by atoms with E-state index in [0.29, 0.717) is 0 Å². The Morgan fingerprint density at radius 1 is 1.30 bits per heavy atom. The molecule has 2 aromatic heterocycles. The molecule has 1 unspecified atom stereocenters. The molecular formula is C16H18N6S. The second kappa shape index (κ2) is 6.08. The Kier molecular flexibility index (Phi) is 3.78. The van der Waals surface area contributed by atoms with Crippen molar-refractivity contribution in [2.45, 2.75) is 32.7 Å². The highest BCUT2D eigenvalue weighted by Crippen LogP contribution is 2.30. The molecule has 1 aliphatic carbocycles. The van der Waals surface area contributed by atoms with Crippen LogP contribution >= 0.6 is 11.3 Å². The van der Waals surface area contributed by atoms with Gasteiger partial charge in [-0.3, -0.25) is 0 Å². The molecule has 3 aromatic rings. The number of tetrazole rings is 1. The van der Waals surface area contributed by atoms with E-state index in [2.05, 4.69) is 27.8 Å². The minimum Gasteiger partial charge on any atom is -0.379 e. The van der Waals surface area contributed by atoms with Gasteiger partial charge in [0.2, 0.25) is 0 Å². The summed E-state index contributed by atoms with van der Waals surface area (Å²) < 4.78 is 1.64. The predicted molar refractivity (Wildman–Crippen MR) is 89.8 cm³/mol. The lowest BCUT2D eigenvalue weighted by molar-refractivity contribution is 0.501. The van der Waals surface area contributed by atoms with Crippen LogP contribution in [0.1, 0.15) is 28.9 Å². The van der Waals surface area contributed by atoms with Gasteiger partial charge >= 0.3 is 0 Å². The summed E-state index contributed by atoms with van der Waals surface area (Å²) in [6.07, 6.45) is 5.17. The number of aromatic nitrogens is 5. The van der Waals surface area contributed by atoms with Crippen LogP contribution in [0.5, 0.6) is 0 Å². The monoisotopic (exact) mass is 326 g/mol. The van der Waals surface area contributed by atoms with Gasteiger partial charge in [-0.1, -0.05) is 6.92 Å². The number of nitrogens with zero attached hydrogens (tertiary/aromatic N) is 5. The van der Waals surface area contributed by atoms with Crippen molar-refractivity contribution in [2.24, 2.45) is 5.92 Å². The number of aryl methyl sites for hydroxylation is 1. The Labute approximate surface area is 138 Å². The lowest BCUT2D eigenvalue weighted by Gasteiger charge is -2.15. The molecule has 4 rings (SSSR count). The summed E-state index contributed by atoms with van der Waals surface area (Å²) in [5.74, 6) is 0.794. The summed E-state index contributed by atoms with van der Waals surface area (Å²) >= 11 is 1.86. The van der Waals surface area contributed by atoms with E-state index in [1.165, 1.54) is 28.4 Å². The second-order valence-electron chi connectivity index (χ2n) is 5.98. The van der Waals surface area contributed by atoms with Crippen LogP contribution in [0.4, 0.5) is 5.69 Å². The third-order valence-corrected chi connectivity index (χ3v) is 5.27. The Balaban J connectivity index is 1.41. The third-order valence-electron chi connectivity index (χ3n) is 4.15. The van der Waals surface area contributed by atoms with E-state index in [-0.39, 0.29) is 0 Å². The number of hydrogen-bond donors (Lipinski definition) is 1. The van der Waals surface area contributed by atoms with E-state index in [1.54, 1.807) is 11.0 Å². The van der Waals surface area contributed by atoms with E-state index >= 15 is 0 Å². The summed E-state index contributed by atoms with van der Waals surface area (Å²) in [6.45, 7) is 3.10. The number of rotatable bonds is 4. The van der Waals surface area contributed by atoms with Gasteiger partial charge in [-0.2, -0.15) is 0 Å². The SMILES string of the molecule is CC1CCc2nc(CNc3ccc(-n4cnnn4)cc3)sc2C1.